The summed E-state index contributed by atoms with van der Waals surface area (Å²) in [6.45, 7) is 1.78. The van der Waals surface area contributed by atoms with Gasteiger partial charge in [-0.15, -0.1) is 0 Å². The van der Waals surface area contributed by atoms with Gasteiger partial charge in [-0.1, -0.05) is 12.1 Å². The van der Waals surface area contributed by atoms with Crippen LogP contribution in [-0.4, -0.2) is 59.7 Å². The van der Waals surface area contributed by atoms with E-state index in [1.165, 1.54) is 0 Å². The second-order valence-electron chi connectivity index (χ2n) is 7.18. The number of hydrogen-bond acceptors (Lipinski definition) is 4. The normalized spacial score (nSPS) is 21.2. The van der Waals surface area contributed by atoms with E-state index in [1.807, 2.05) is 12.1 Å². The Morgan fingerprint density at radius 1 is 1.08 bits per heavy atom. The molecule has 0 atom stereocenters. The first-order valence-electron chi connectivity index (χ1n) is 9.24. The fraction of sp³-hybridized carbons (Fsp3) is 0.632. The van der Waals surface area contributed by atoms with E-state index in [-0.39, 0.29) is 11.7 Å². The maximum absolute atomic E-state index is 12.2. The number of halogens is 2. The van der Waals surface area contributed by atoms with Crippen molar-refractivity contribution in [2.24, 2.45) is 5.92 Å². The number of piperidine rings is 2. The molecule has 0 unspecified atom stereocenters. The fourth-order valence-electron chi connectivity index (χ4n) is 3.99. The van der Waals surface area contributed by atoms with Gasteiger partial charge in [0.25, 0.3) is 0 Å². The summed E-state index contributed by atoms with van der Waals surface area (Å²) in [4.78, 5) is 15.9. The molecule has 1 aromatic rings. The average Bonchev–Trinajstić information content (AvgIpc) is 2.64. The van der Waals surface area contributed by atoms with E-state index in [2.05, 4.69) is 14.5 Å². The highest BCUT2D eigenvalue weighted by Crippen LogP contribution is 2.25. The van der Waals surface area contributed by atoms with E-state index < -0.39 is 12.6 Å². The van der Waals surface area contributed by atoms with Crippen molar-refractivity contribution in [2.45, 2.75) is 44.9 Å². The van der Waals surface area contributed by atoms with E-state index in [0.717, 1.165) is 64.0 Å². The molecule has 2 heterocycles. The van der Waals surface area contributed by atoms with Crippen molar-refractivity contribution >= 4 is 5.97 Å². The van der Waals surface area contributed by atoms with Crippen LogP contribution in [0.5, 0.6) is 5.75 Å². The Morgan fingerprint density at radius 2 is 1.69 bits per heavy atom. The Hall–Kier alpha value is -1.73. The van der Waals surface area contributed by atoms with E-state index >= 15 is 0 Å². The fourth-order valence-corrected chi connectivity index (χ4v) is 3.99. The molecule has 0 aromatic heterocycles. The molecule has 3 rings (SSSR count). The molecule has 144 valence electrons. The summed E-state index contributed by atoms with van der Waals surface area (Å²) in [6, 6.07) is 7.38. The molecule has 2 aliphatic heterocycles. The van der Waals surface area contributed by atoms with Gasteiger partial charge in [-0.25, -0.2) is 0 Å². The van der Waals surface area contributed by atoms with Crippen LogP contribution < -0.4 is 4.74 Å². The van der Waals surface area contributed by atoms with Gasteiger partial charge in [0.2, 0.25) is 0 Å². The third-order valence-electron chi connectivity index (χ3n) is 5.51. The van der Waals surface area contributed by atoms with Crippen LogP contribution in [0.3, 0.4) is 0 Å². The largest absolute Gasteiger partial charge is 0.481 e. The molecule has 1 N–H and O–H groups in total. The zero-order chi connectivity index (χ0) is 18.5. The molecule has 0 saturated carbocycles. The van der Waals surface area contributed by atoms with Crippen LogP contribution in [-0.2, 0) is 11.3 Å². The highest BCUT2D eigenvalue weighted by atomic mass is 19.3. The second kappa shape index (κ2) is 8.77. The van der Waals surface area contributed by atoms with E-state index in [9.17, 15) is 13.6 Å². The summed E-state index contributed by atoms with van der Waals surface area (Å²) in [5.41, 5.74) is 1.09. The molecule has 7 heteroatoms. The van der Waals surface area contributed by atoms with E-state index in [4.69, 9.17) is 5.11 Å². The molecule has 0 amide bonds. The summed E-state index contributed by atoms with van der Waals surface area (Å²) in [6.07, 6.45) is 3.68. The number of carboxylic acid groups (broad SMARTS) is 1. The van der Waals surface area contributed by atoms with Crippen molar-refractivity contribution in [3.63, 3.8) is 0 Å². The minimum atomic E-state index is -2.79. The highest BCUT2D eigenvalue weighted by molar-refractivity contribution is 5.70. The van der Waals surface area contributed by atoms with Crippen LogP contribution >= 0.6 is 0 Å². The Balaban J connectivity index is 1.42. The number of carboxylic acids is 1. The SMILES string of the molecule is O=C(O)C1CCN(C2CCN(Cc3ccc(OC(F)F)cc3)CC2)CC1. The minimum absolute atomic E-state index is 0.177. The maximum Gasteiger partial charge on any atom is 0.387 e. The second-order valence-corrected chi connectivity index (χ2v) is 7.18. The number of aliphatic carboxylic acids is 1. The van der Waals surface area contributed by atoms with Gasteiger partial charge in [0.1, 0.15) is 5.75 Å². The number of hydrogen-bond donors (Lipinski definition) is 1. The van der Waals surface area contributed by atoms with Gasteiger partial charge in [-0.05, 0) is 69.6 Å². The lowest BCUT2D eigenvalue weighted by Crippen LogP contribution is -2.48. The van der Waals surface area contributed by atoms with Crippen molar-refractivity contribution in [1.82, 2.24) is 9.80 Å². The number of benzene rings is 1. The summed E-state index contributed by atoms with van der Waals surface area (Å²) < 4.78 is 28.7. The van der Waals surface area contributed by atoms with Crippen LogP contribution in [0.4, 0.5) is 8.78 Å². The molecule has 0 spiro atoms. The van der Waals surface area contributed by atoms with Gasteiger partial charge in [-0.2, -0.15) is 8.78 Å². The van der Waals surface area contributed by atoms with Gasteiger partial charge < -0.3 is 14.7 Å². The molecule has 26 heavy (non-hydrogen) atoms. The third kappa shape index (κ3) is 5.14. The Kier molecular flexibility index (Phi) is 6.43. The van der Waals surface area contributed by atoms with Gasteiger partial charge in [0, 0.05) is 12.6 Å². The molecule has 1 aromatic carbocycles. The van der Waals surface area contributed by atoms with Gasteiger partial charge >= 0.3 is 12.6 Å². The monoisotopic (exact) mass is 368 g/mol. The van der Waals surface area contributed by atoms with Crippen LogP contribution in [0.1, 0.15) is 31.2 Å². The molecule has 2 saturated heterocycles. The summed E-state index contributed by atoms with van der Waals surface area (Å²) in [7, 11) is 0. The van der Waals surface area contributed by atoms with Crippen molar-refractivity contribution in [3.05, 3.63) is 29.8 Å². The molecule has 5 nitrogen and oxygen atoms in total. The molecular formula is C19H26F2N2O3. The van der Waals surface area contributed by atoms with Crippen molar-refractivity contribution in [2.75, 3.05) is 26.2 Å². The lowest BCUT2D eigenvalue weighted by Gasteiger charge is -2.41. The molecule has 0 aliphatic carbocycles. The number of alkyl halides is 2. The van der Waals surface area contributed by atoms with Gasteiger partial charge in [-0.3, -0.25) is 9.69 Å². The van der Waals surface area contributed by atoms with Crippen molar-refractivity contribution in [3.8, 4) is 5.75 Å². The third-order valence-corrected chi connectivity index (χ3v) is 5.51. The van der Waals surface area contributed by atoms with Crippen molar-refractivity contribution in [1.29, 1.82) is 0 Å². The first-order valence-corrected chi connectivity index (χ1v) is 9.24. The predicted octanol–water partition coefficient (Wildman–Crippen LogP) is 3.05. The quantitative estimate of drug-likeness (QED) is 0.836. The average molecular weight is 368 g/mol. The van der Waals surface area contributed by atoms with Crippen molar-refractivity contribution < 1.29 is 23.4 Å². The summed E-state index contributed by atoms with van der Waals surface area (Å²) >= 11 is 0. The number of ether oxygens (including phenoxy) is 1. The van der Waals surface area contributed by atoms with Crippen LogP contribution in [0.25, 0.3) is 0 Å². The van der Waals surface area contributed by atoms with Gasteiger partial charge in [0.05, 0.1) is 5.92 Å². The van der Waals surface area contributed by atoms with E-state index in [1.54, 1.807) is 12.1 Å². The van der Waals surface area contributed by atoms with Crippen LogP contribution in [0.15, 0.2) is 24.3 Å². The molecule has 2 fully saturated rings. The van der Waals surface area contributed by atoms with E-state index in [0.29, 0.717) is 6.04 Å². The highest BCUT2D eigenvalue weighted by Gasteiger charge is 2.30. The first-order chi connectivity index (χ1) is 12.5. The standard InChI is InChI=1S/C19H26F2N2O3/c20-19(21)26-17-3-1-14(2-4-17)13-22-9-7-16(8-10-22)23-11-5-15(6-12-23)18(24)25/h1-4,15-16,19H,5-13H2,(H,24,25). The molecular weight excluding hydrogens is 342 g/mol. The summed E-state index contributed by atoms with van der Waals surface area (Å²) in [5, 5.41) is 9.10. The Morgan fingerprint density at radius 3 is 2.23 bits per heavy atom. The lowest BCUT2D eigenvalue weighted by atomic mass is 9.93. The smallest absolute Gasteiger partial charge is 0.387 e. The van der Waals surface area contributed by atoms with Gasteiger partial charge in [0.15, 0.2) is 0 Å². The zero-order valence-electron chi connectivity index (χ0n) is 14.8. The predicted molar refractivity (Wildman–Crippen MR) is 93.3 cm³/mol. The first kappa shape index (κ1) is 19.0. The topological polar surface area (TPSA) is 53.0 Å². The zero-order valence-corrected chi connectivity index (χ0v) is 14.8. The number of nitrogens with zero attached hydrogens (tertiary/aromatic N) is 2. The number of rotatable bonds is 6. The molecule has 0 bridgehead atoms. The Bertz CT molecular complexity index is 581. The van der Waals surface area contributed by atoms with Crippen LogP contribution in [0.2, 0.25) is 0 Å². The Labute approximate surface area is 152 Å². The lowest BCUT2D eigenvalue weighted by molar-refractivity contribution is -0.143. The van der Waals surface area contributed by atoms with Crippen LogP contribution in [0, 0.1) is 5.92 Å². The molecule has 2 aliphatic rings. The molecule has 0 radical (unpaired) electrons. The number of carbonyl (C=O) groups is 1. The summed E-state index contributed by atoms with van der Waals surface area (Å²) in [5.74, 6) is -0.653. The minimum Gasteiger partial charge on any atom is -0.481 e. The number of likely N-dealkylation sites (tertiary alicyclic amines) is 2. The maximum atomic E-state index is 12.2.